The average Bonchev–Trinajstić information content (AvgIpc) is 3.11. The molecule has 170 valence electrons. The highest BCUT2D eigenvalue weighted by Gasteiger charge is 2.94. The van der Waals surface area contributed by atoms with E-state index in [4.69, 9.17) is 10.5 Å². The van der Waals surface area contributed by atoms with Gasteiger partial charge in [-0.25, -0.2) is 23.4 Å². The second-order valence-electron chi connectivity index (χ2n) is 8.90. The summed E-state index contributed by atoms with van der Waals surface area (Å²) in [6, 6.07) is 5.95. The number of hydrogen-bond acceptors (Lipinski definition) is 10. The van der Waals surface area contributed by atoms with Crippen LogP contribution in [0.15, 0.2) is 41.8 Å². The first-order valence-corrected chi connectivity index (χ1v) is 11.5. The number of aliphatic hydroxyl groups excluding tert-OH is 1. The molecular weight excluding hydrogens is 438 g/mol. The van der Waals surface area contributed by atoms with Crippen LogP contribution in [0.2, 0.25) is 0 Å². The minimum Gasteiger partial charge on any atom is -0.383 e. The van der Waals surface area contributed by atoms with Crippen LogP contribution < -0.4 is 5.73 Å². The minimum absolute atomic E-state index is 0.114. The van der Waals surface area contributed by atoms with Gasteiger partial charge in [0.05, 0.1) is 11.2 Å². The number of nitrogens with two attached hydrogens (primary N) is 1. The SMILES string of the molecule is Cc1ccc(S(=O)(=O)C(O)[C@H]2O[C@@H](n3cnc4c(N)ncnc43)[C@]3(O)C(C)(C)[C@]23O)cc1. The van der Waals surface area contributed by atoms with Gasteiger partial charge in [-0.15, -0.1) is 0 Å². The number of benzene rings is 1. The number of sulfone groups is 1. The molecule has 1 aliphatic carbocycles. The van der Waals surface area contributed by atoms with Crippen LogP contribution in [0.25, 0.3) is 11.2 Å². The monoisotopic (exact) mass is 461 g/mol. The number of imidazole rings is 1. The Bertz CT molecular complexity index is 1340. The van der Waals surface area contributed by atoms with Crippen molar-refractivity contribution < 1.29 is 28.5 Å². The van der Waals surface area contributed by atoms with Crippen molar-refractivity contribution in [2.45, 2.75) is 54.6 Å². The molecule has 32 heavy (non-hydrogen) atoms. The lowest BCUT2D eigenvalue weighted by Crippen LogP contribution is -2.46. The van der Waals surface area contributed by atoms with Gasteiger partial charge in [0.1, 0.15) is 29.2 Å². The molecule has 2 fully saturated rings. The Hall–Kier alpha value is -2.64. The third kappa shape index (κ3) is 2.28. The van der Waals surface area contributed by atoms with Gasteiger partial charge < -0.3 is 25.8 Å². The van der Waals surface area contributed by atoms with E-state index >= 15 is 0 Å². The Labute approximate surface area is 183 Å². The summed E-state index contributed by atoms with van der Waals surface area (Å²) in [4.78, 5) is 12.0. The number of nitrogen functional groups attached to an aromatic ring is 1. The van der Waals surface area contributed by atoms with E-state index in [-0.39, 0.29) is 21.9 Å². The number of fused-ring (bicyclic) bond motifs is 2. The Morgan fingerprint density at radius 2 is 1.78 bits per heavy atom. The average molecular weight is 462 g/mol. The van der Waals surface area contributed by atoms with Gasteiger partial charge >= 0.3 is 0 Å². The molecule has 1 saturated carbocycles. The van der Waals surface area contributed by atoms with E-state index in [1.54, 1.807) is 32.9 Å². The van der Waals surface area contributed by atoms with E-state index in [1.807, 2.05) is 0 Å². The quantitative estimate of drug-likeness (QED) is 0.411. The lowest BCUT2D eigenvalue weighted by Gasteiger charge is -2.30. The summed E-state index contributed by atoms with van der Waals surface area (Å²) in [7, 11) is -4.31. The van der Waals surface area contributed by atoms with Crippen LogP contribution in [0.4, 0.5) is 5.82 Å². The molecule has 1 saturated heterocycles. The maximum absolute atomic E-state index is 13.1. The molecule has 0 radical (unpaired) electrons. The second kappa shape index (κ2) is 6.23. The molecule has 0 spiro atoms. The number of aryl methyl sites for hydroxylation is 1. The normalized spacial score (nSPS) is 32.1. The van der Waals surface area contributed by atoms with Crippen LogP contribution >= 0.6 is 0 Å². The van der Waals surface area contributed by atoms with Crippen molar-refractivity contribution in [1.82, 2.24) is 19.5 Å². The summed E-state index contributed by atoms with van der Waals surface area (Å²) in [5.41, 5.74) is -0.162. The zero-order chi connectivity index (χ0) is 23.3. The fraction of sp³-hybridized carbons (Fsp3) is 0.450. The summed E-state index contributed by atoms with van der Waals surface area (Å²) in [5.74, 6) is 0.114. The number of aromatic nitrogens is 4. The maximum Gasteiger partial charge on any atom is 0.207 e. The van der Waals surface area contributed by atoms with Crippen molar-refractivity contribution in [2.75, 3.05) is 5.73 Å². The van der Waals surface area contributed by atoms with Gasteiger partial charge in [0.25, 0.3) is 0 Å². The molecule has 3 heterocycles. The molecule has 5 N–H and O–H groups in total. The van der Waals surface area contributed by atoms with Gasteiger partial charge in [-0.05, 0) is 19.1 Å². The molecule has 11 nitrogen and oxygen atoms in total. The number of hydrogen-bond donors (Lipinski definition) is 4. The number of ether oxygens (including phenoxy) is 1. The third-order valence-electron chi connectivity index (χ3n) is 7.04. The molecule has 1 aliphatic heterocycles. The van der Waals surface area contributed by atoms with Crippen molar-refractivity contribution in [2.24, 2.45) is 5.41 Å². The van der Waals surface area contributed by atoms with Gasteiger partial charge in [-0.2, -0.15) is 0 Å². The fourth-order valence-electron chi connectivity index (χ4n) is 4.91. The molecular formula is C20H23N5O6S. The van der Waals surface area contributed by atoms with E-state index in [9.17, 15) is 23.7 Å². The lowest BCUT2D eigenvalue weighted by molar-refractivity contribution is -0.131. The van der Waals surface area contributed by atoms with E-state index in [0.29, 0.717) is 0 Å². The van der Waals surface area contributed by atoms with E-state index in [1.165, 1.54) is 29.4 Å². The molecule has 3 aromatic rings. The second-order valence-corrected chi connectivity index (χ2v) is 10.9. The Balaban J connectivity index is 1.60. The van der Waals surface area contributed by atoms with Crippen LogP contribution in [0.5, 0.6) is 0 Å². The molecule has 5 rings (SSSR count). The highest BCUT2D eigenvalue weighted by Crippen LogP contribution is 2.76. The van der Waals surface area contributed by atoms with Gasteiger partial charge in [0.2, 0.25) is 9.84 Å². The fourth-order valence-corrected chi connectivity index (χ4v) is 6.29. The smallest absolute Gasteiger partial charge is 0.207 e. The van der Waals surface area contributed by atoms with Crippen molar-refractivity contribution in [1.29, 1.82) is 0 Å². The van der Waals surface area contributed by atoms with E-state index in [2.05, 4.69) is 15.0 Å². The first-order chi connectivity index (χ1) is 14.9. The Morgan fingerprint density at radius 3 is 2.44 bits per heavy atom. The number of aliphatic hydroxyl groups is 3. The molecule has 5 atom stereocenters. The summed E-state index contributed by atoms with van der Waals surface area (Å²) in [6.45, 7) is 4.95. The van der Waals surface area contributed by atoms with Crippen LogP contribution in [0.3, 0.4) is 0 Å². The highest BCUT2D eigenvalue weighted by atomic mass is 32.2. The molecule has 1 unspecified atom stereocenters. The topological polar surface area (TPSA) is 174 Å². The Morgan fingerprint density at radius 1 is 1.12 bits per heavy atom. The van der Waals surface area contributed by atoms with Gasteiger partial charge in [0.15, 0.2) is 23.1 Å². The van der Waals surface area contributed by atoms with Gasteiger partial charge in [-0.1, -0.05) is 31.5 Å². The van der Waals surface area contributed by atoms with E-state index < -0.39 is 44.2 Å². The van der Waals surface area contributed by atoms with Gasteiger partial charge in [0, 0.05) is 5.41 Å². The minimum atomic E-state index is -4.31. The first-order valence-electron chi connectivity index (χ1n) is 9.91. The first kappa shape index (κ1) is 21.2. The molecule has 2 aliphatic rings. The maximum atomic E-state index is 13.1. The zero-order valence-corrected chi connectivity index (χ0v) is 18.4. The van der Waals surface area contributed by atoms with Crippen molar-refractivity contribution >= 4 is 26.8 Å². The number of anilines is 1. The largest absolute Gasteiger partial charge is 0.383 e. The van der Waals surface area contributed by atoms with Crippen LogP contribution in [-0.2, 0) is 14.6 Å². The van der Waals surface area contributed by atoms with Crippen molar-refractivity contribution in [3.05, 3.63) is 42.5 Å². The predicted molar refractivity (Wildman–Crippen MR) is 112 cm³/mol. The third-order valence-corrected chi connectivity index (χ3v) is 8.85. The van der Waals surface area contributed by atoms with Crippen molar-refractivity contribution in [3.8, 4) is 0 Å². The molecule has 2 aromatic heterocycles. The molecule has 0 bridgehead atoms. The summed E-state index contributed by atoms with van der Waals surface area (Å²) >= 11 is 0. The summed E-state index contributed by atoms with van der Waals surface area (Å²) < 4.78 is 33.4. The standard InChI is InChI=1S/C20H23N5O6S/c1-10-4-6-11(7-5-10)32(29,30)16(26)13-19(27)18(2,3)20(19,28)17(31-13)25-9-24-12-14(21)22-8-23-15(12)25/h4-9,13,16-17,26-28H,1-3H3,(H2,21,22,23)/t13-,16?,17-,19-,20+/m1/s1. The lowest BCUT2D eigenvalue weighted by atomic mass is 10.0. The van der Waals surface area contributed by atoms with Gasteiger partial charge in [-0.3, -0.25) is 4.57 Å². The zero-order valence-electron chi connectivity index (χ0n) is 17.5. The highest BCUT2D eigenvalue weighted by molar-refractivity contribution is 7.92. The van der Waals surface area contributed by atoms with Crippen LogP contribution in [-0.4, -0.2) is 66.0 Å². The molecule has 0 amide bonds. The predicted octanol–water partition coefficient (Wildman–Crippen LogP) is -0.0914. The number of nitrogens with zero attached hydrogens (tertiary/aromatic N) is 4. The summed E-state index contributed by atoms with van der Waals surface area (Å²) in [6.07, 6.45) is -0.394. The molecule has 1 aromatic carbocycles. The van der Waals surface area contributed by atoms with E-state index in [0.717, 1.165) is 5.56 Å². The van der Waals surface area contributed by atoms with Crippen LogP contribution in [0.1, 0.15) is 25.6 Å². The Kier molecular flexibility index (Phi) is 4.13. The molecule has 12 heteroatoms. The number of rotatable bonds is 4. The van der Waals surface area contributed by atoms with Crippen LogP contribution in [0, 0.1) is 12.3 Å². The van der Waals surface area contributed by atoms with Crippen molar-refractivity contribution in [3.63, 3.8) is 0 Å². The summed E-state index contributed by atoms with van der Waals surface area (Å²) in [5, 5.41) is 33.9.